The minimum absolute atomic E-state index is 0.0629. The maximum atomic E-state index is 12.7. The molecule has 3 aromatic rings. The van der Waals surface area contributed by atoms with E-state index in [0.29, 0.717) is 5.69 Å². The summed E-state index contributed by atoms with van der Waals surface area (Å²) < 4.78 is 5.26. The highest BCUT2D eigenvalue weighted by molar-refractivity contribution is 5.90. The zero-order valence-electron chi connectivity index (χ0n) is 15.7. The van der Waals surface area contributed by atoms with E-state index >= 15 is 0 Å². The van der Waals surface area contributed by atoms with Gasteiger partial charge in [-0.25, -0.2) is 9.78 Å². The zero-order valence-corrected chi connectivity index (χ0v) is 15.7. The van der Waals surface area contributed by atoms with Crippen LogP contribution in [0.5, 0.6) is 0 Å². The Morgan fingerprint density at radius 3 is 1.96 bits per heavy atom. The molecule has 6 nitrogen and oxygen atoms in total. The fraction of sp³-hybridized carbons (Fsp3) is 0.182. The van der Waals surface area contributed by atoms with Gasteiger partial charge in [-0.15, -0.1) is 0 Å². The van der Waals surface area contributed by atoms with Crippen LogP contribution in [0, 0.1) is 6.92 Å². The Balaban J connectivity index is 1.72. The highest BCUT2D eigenvalue weighted by Crippen LogP contribution is 2.22. The van der Waals surface area contributed by atoms with Crippen LogP contribution in [0.2, 0.25) is 0 Å². The van der Waals surface area contributed by atoms with Crippen molar-refractivity contribution in [2.75, 3.05) is 0 Å². The van der Waals surface area contributed by atoms with Crippen molar-refractivity contribution in [3.63, 3.8) is 0 Å². The Hall–Kier alpha value is -3.54. The lowest BCUT2D eigenvalue weighted by atomic mass is 9.98. The molecule has 6 heteroatoms. The predicted octanol–water partition coefficient (Wildman–Crippen LogP) is 3.24. The van der Waals surface area contributed by atoms with Crippen molar-refractivity contribution >= 4 is 11.9 Å². The van der Waals surface area contributed by atoms with Crippen LogP contribution < -0.4 is 5.32 Å². The predicted molar refractivity (Wildman–Crippen MR) is 105 cm³/mol. The number of hydrogen-bond acceptors (Lipinski definition) is 5. The summed E-state index contributed by atoms with van der Waals surface area (Å²) in [6.45, 7) is 3.30. The van der Waals surface area contributed by atoms with Crippen molar-refractivity contribution in [2.24, 2.45) is 0 Å². The fourth-order valence-corrected chi connectivity index (χ4v) is 2.68. The average Bonchev–Trinajstić information content (AvgIpc) is 2.73. The lowest BCUT2D eigenvalue weighted by molar-refractivity contribution is -0.129. The van der Waals surface area contributed by atoms with Gasteiger partial charge in [0.2, 0.25) is 0 Å². The van der Waals surface area contributed by atoms with Gasteiger partial charge >= 0.3 is 5.97 Å². The Kier molecular flexibility index (Phi) is 6.11. The minimum Gasteiger partial charge on any atom is -0.448 e. The van der Waals surface area contributed by atoms with Crippen molar-refractivity contribution in [1.29, 1.82) is 0 Å². The van der Waals surface area contributed by atoms with Crippen molar-refractivity contribution in [3.8, 4) is 0 Å². The molecule has 0 aliphatic heterocycles. The Bertz CT molecular complexity index is 889. The van der Waals surface area contributed by atoms with Crippen molar-refractivity contribution in [3.05, 3.63) is 95.6 Å². The molecule has 0 spiro atoms. The van der Waals surface area contributed by atoms with Crippen LogP contribution in [0.15, 0.2) is 73.1 Å². The average molecular weight is 375 g/mol. The molecule has 0 radical (unpaired) electrons. The summed E-state index contributed by atoms with van der Waals surface area (Å²) in [5.41, 5.74) is 2.62. The number of aryl methyl sites for hydroxylation is 1. The highest BCUT2D eigenvalue weighted by Gasteiger charge is 2.24. The van der Waals surface area contributed by atoms with Crippen LogP contribution in [0.3, 0.4) is 0 Å². The molecule has 1 aromatic heterocycles. The molecule has 0 saturated carbocycles. The van der Waals surface area contributed by atoms with E-state index in [0.717, 1.165) is 11.1 Å². The normalized spacial score (nSPS) is 11.7. The van der Waals surface area contributed by atoms with Crippen LogP contribution in [0.4, 0.5) is 0 Å². The molecule has 1 atom stereocenters. The number of hydrogen-bond donors (Lipinski definition) is 1. The number of aromatic nitrogens is 2. The molecule has 1 N–H and O–H groups in total. The molecule has 1 amide bonds. The van der Waals surface area contributed by atoms with E-state index in [1.807, 2.05) is 60.7 Å². The summed E-state index contributed by atoms with van der Waals surface area (Å²) in [5.74, 6) is -1.09. The second-order valence-electron chi connectivity index (χ2n) is 6.35. The third-order valence-electron chi connectivity index (χ3n) is 4.20. The molecule has 0 fully saturated rings. The molecular weight excluding hydrogens is 354 g/mol. The van der Waals surface area contributed by atoms with Gasteiger partial charge in [-0.2, -0.15) is 0 Å². The van der Waals surface area contributed by atoms with Gasteiger partial charge in [-0.05, 0) is 25.0 Å². The van der Waals surface area contributed by atoms with Crippen LogP contribution in [0.25, 0.3) is 0 Å². The van der Waals surface area contributed by atoms with Gasteiger partial charge in [0, 0.05) is 6.20 Å². The minimum atomic E-state index is -0.981. The number of ether oxygens (including phenoxy) is 1. The van der Waals surface area contributed by atoms with Crippen molar-refractivity contribution in [2.45, 2.75) is 26.0 Å². The lowest BCUT2D eigenvalue weighted by Crippen LogP contribution is -2.38. The monoisotopic (exact) mass is 375 g/mol. The fourth-order valence-electron chi connectivity index (χ4n) is 2.68. The number of benzene rings is 2. The summed E-state index contributed by atoms with van der Waals surface area (Å²) in [7, 11) is 0. The zero-order chi connectivity index (χ0) is 19.9. The van der Waals surface area contributed by atoms with E-state index in [4.69, 9.17) is 4.74 Å². The van der Waals surface area contributed by atoms with Crippen molar-refractivity contribution < 1.29 is 14.3 Å². The number of rotatable bonds is 6. The Morgan fingerprint density at radius 2 is 1.46 bits per heavy atom. The molecule has 1 heterocycles. The van der Waals surface area contributed by atoms with Crippen LogP contribution in [-0.4, -0.2) is 27.9 Å². The third-order valence-corrected chi connectivity index (χ3v) is 4.20. The van der Waals surface area contributed by atoms with Gasteiger partial charge in [0.25, 0.3) is 5.91 Å². The summed E-state index contributed by atoms with van der Waals surface area (Å²) in [6.07, 6.45) is 1.83. The molecule has 2 aromatic carbocycles. The first-order chi connectivity index (χ1) is 13.5. The maximum Gasteiger partial charge on any atom is 0.359 e. The van der Waals surface area contributed by atoms with Gasteiger partial charge in [0.1, 0.15) is 0 Å². The lowest BCUT2D eigenvalue weighted by Gasteiger charge is -2.22. The second-order valence-corrected chi connectivity index (χ2v) is 6.35. The molecule has 0 aliphatic carbocycles. The SMILES string of the molecule is Cc1cnc(C(=O)O[C@@H](C)C(=O)NC(c2ccccc2)c2ccccc2)cn1. The van der Waals surface area contributed by atoms with Crippen LogP contribution in [0.1, 0.15) is 40.3 Å². The van der Waals surface area contributed by atoms with Gasteiger partial charge in [-0.3, -0.25) is 9.78 Å². The smallest absolute Gasteiger partial charge is 0.359 e. The molecule has 28 heavy (non-hydrogen) atoms. The number of nitrogens with one attached hydrogen (secondary N) is 1. The molecule has 142 valence electrons. The summed E-state index contributed by atoms with van der Waals surface area (Å²) in [4.78, 5) is 32.9. The summed E-state index contributed by atoms with van der Waals surface area (Å²) >= 11 is 0. The van der Waals surface area contributed by atoms with Gasteiger partial charge in [0.15, 0.2) is 11.8 Å². The first-order valence-corrected chi connectivity index (χ1v) is 8.94. The van der Waals surface area contributed by atoms with Crippen LogP contribution >= 0.6 is 0 Å². The van der Waals surface area contributed by atoms with Gasteiger partial charge in [0.05, 0.1) is 17.9 Å². The van der Waals surface area contributed by atoms with E-state index in [-0.39, 0.29) is 11.7 Å². The summed E-state index contributed by atoms with van der Waals surface area (Å²) in [6, 6.07) is 18.9. The quantitative estimate of drug-likeness (QED) is 0.669. The number of carbonyl (C=O) groups is 2. The summed E-state index contributed by atoms with van der Waals surface area (Å²) in [5, 5.41) is 2.96. The van der Waals surface area contributed by atoms with E-state index in [2.05, 4.69) is 15.3 Å². The molecule has 0 saturated heterocycles. The largest absolute Gasteiger partial charge is 0.448 e. The molecule has 0 unspecified atom stereocenters. The Labute approximate surface area is 163 Å². The van der Waals surface area contributed by atoms with E-state index in [1.165, 1.54) is 19.3 Å². The number of carbonyl (C=O) groups excluding carboxylic acids is 2. The van der Waals surface area contributed by atoms with Crippen LogP contribution in [-0.2, 0) is 9.53 Å². The van der Waals surface area contributed by atoms with E-state index in [1.54, 1.807) is 6.92 Å². The van der Waals surface area contributed by atoms with E-state index in [9.17, 15) is 9.59 Å². The standard InChI is InChI=1S/C22H21N3O3/c1-15-13-24-19(14-23-15)22(27)28-16(2)21(26)25-20(17-9-5-3-6-10-17)18-11-7-4-8-12-18/h3-14,16,20H,1-2H3,(H,25,26)/t16-/m0/s1. The number of nitrogens with zero attached hydrogens (tertiary/aromatic N) is 2. The maximum absolute atomic E-state index is 12.7. The number of amides is 1. The molecule has 0 aliphatic rings. The van der Waals surface area contributed by atoms with Gasteiger partial charge in [-0.1, -0.05) is 60.7 Å². The first-order valence-electron chi connectivity index (χ1n) is 8.94. The van der Waals surface area contributed by atoms with Crippen molar-refractivity contribution in [1.82, 2.24) is 15.3 Å². The second kappa shape index (κ2) is 8.90. The topological polar surface area (TPSA) is 81.2 Å². The molecule has 0 bridgehead atoms. The first kappa shape index (κ1) is 19.2. The highest BCUT2D eigenvalue weighted by atomic mass is 16.5. The molecular formula is C22H21N3O3. The van der Waals surface area contributed by atoms with E-state index < -0.39 is 18.0 Å². The molecule has 3 rings (SSSR count). The third kappa shape index (κ3) is 4.79. The van der Waals surface area contributed by atoms with Gasteiger partial charge < -0.3 is 10.1 Å². The number of esters is 1. The Morgan fingerprint density at radius 1 is 0.893 bits per heavy atom.